The first-order chi connectivity index (χ1) is 8.79. The summed E-state index contributed by atoms with van der Waals surface area (Å²) in [6.45, 7) is 3.20. The molecule has 0 amide bonds. The minimum Gasteiger partial charge on any atom is -0.314 e. The molecular weight excluding hydrogens is 225 g/mol. The summed E-state index contributed by atoms with van der Waals surface area (Å²) in [5, 5.41) is 3.56. The Morgan fingerprint density at radius 1 is 1.22 bits per heavy atom. The Bertz CT molecular complexity index is 364. The van der Waals surface area contributed by atoms with Gasteiger partial charge in [-0.25, -0.2) is 4.39 Å². The molecular formula is C16H24FN. The van der Waals surface area contributed by atoms with Crippen molar-refractivity contribution in [2.45, 2.75) is 51.5 Å². The van der Waals surface area contributed by atoms with E-state index in [1.807, 2.05) is 12.1 Å². The summed E-state index contributed by atoms with van der Waals surface area (Å²) >= 11 is 0. The predicted octanol–water partition coefficient (Wildman–Crippen LogP) is 3.93. The fourth-order valence-electron chi connectivity index (χ4n) is 3.10. The van der Waals surface area contributed by atoms with E-state index in [9.17, 15) is 4.39 Å². The molecule has 1 nitrogen and oxygen atoms in total. The molecule has 0 heterocycles. The molecule has 18 heavy (non-hydrogen) atoms. The second kappa shape index (κ2) is 6.89. The molecule has 100 valence electrons. The molecule has 1 aromatic rings. The van der Waals surface area contributed by atoms with Gasteiger partial charge in [0.25, 0.3) is 0 Å². The van der Waals surface area contributed by atoms with Gasteiger partial charge < -0.3 is 5.32 Å². The van der Waals surface area contributed by atoms with Gasteiger partial charge in [-0.2, -0.15) is 0 Å². The van der Waals surface area contributed by atoms with Gasteiger partial charge in [0, 0.05) is 6.04 Å². The van der Waals surface area contributed by atoms with E-state index in [1.165, 1.54) is 32.1 Å². The van der Waals surface area contributed by atoms with Crippen LogP contribution < -0.4 is 5.32 Å². The zero-order valence-corrected chi connectivity index (χ0v) is 11.3. The van der Waals surface area contributed by atoms with Crippen LogP contribution in [-0.2, 0) is 6.42 Å². The molecule has 1 aliphatic carbocycles. The van der Waals surface area contributed by atoms with E-state index in [2.05, 4.69) is 12.2 Å². The molecule has 1 aromatic carbocycles. The topological polar surface area (TPSA) is 12.0 Å². The summed E-state index contributed by atoms with van der Waals surface area (Å²) in [6.07, 6.45) is 7.22. The van der Waals surface area contributed by atoms with Crippen LogP contribution in [0.4, 0.5) is 4.39 Å². The van der Waals surface area contributed by atoms with Crippen LogP contribution in [0.15, 0.2) is 24.3 Å². The highest BCUT2D eigenvalue weighted by Crippen LogP contribution is 2.27. The zero-order chi connectivity index (χ0) is 12.8. The van der Waals surface area contributed by atoms with Gasteiger partial charge in [0.05, 0.1) is 0 Å². The Kier molecular flexibility index (Phi) is 5.18. The lowest BCUT2D eigenvalue weighted by atomic mass is 9.91. The second-order valence-corrected chi connectivity index (χ2v) is 5.44. The lowest BCUT2D eigenvalue weighted by Gasteiger charge is -2.21. The second-order valence-electron chi connectivity index (χ2n) is 5.44. The number of rotatable bonds is 4. The molecule has 0 bridgehead atoms. The highest BCUT2D eigenvalue weighted by molar-refractivity contribution is 5.17. The van der Waals surface area contributed by atoms with Crippen molar-refractivity contribution in [3.63, 3.8) is 0 Å². The van der Waals surface area contributed by atoms with E-state index in [-0.39, 0.29) is 5.82 Å². The zero-order valence-electron chi connectivity index (χ0n) is 11.3. The summed E-state index contributed by atoms with van der Waals surface area (Å²) in [4.78, 5) is 0. The van der Waals surface area contributed by atoms with E-state index in [0.717, 1.165) is 18.5 Å². The fraction of sp³-hybridized carbons (Fsp3) is 0.625. The third-order valence-electron chi connectivity index (χ3n) is 3.99. The van der Waals surface area contributed by atoms with E-state index < -0.39 is 0 Å². The SMILES string of the molecule is CCNC1CCCCC(Cc2ccccc2F)C1. The first-order valence-corrected chi connectivity index (χ1v) is 7.26. The normalized spacial score (nSPS) is 24.8. The summed E-state index contributed by atoms with van der Waals surface area (Å²) in [7, 11) is 0. The van der Waals surface area contributed by atoms with Crippen LogP contribution in [0, 0.1) is 11.7 Å². The molecule has 1 saturated carbocycles. The van der Waals surface area contributed by atoms with E-state index in [1.54, 1.807) is 12.1 Å². The van der Waals surface area contributed by atoms with Crippen LogP contribution in [0.1, 0.15) is 44.6 Å². The lowest BCUT2D eigenvalue weighted by molar-refractivity contribution is 0.385. The van der Waals surface area contributed by atoms with Crippen molar-refractivity contribution in [2.75, 3.05) is 6.54 Å². The van der Waals surface area contributed by atoms with Crippen molar-refractivity contribution < 1.29 is 4.39 Å². The summed E-state index contributed by atoms with van der Waals surface area (Å²) in [6, 6.07) is 7.86. The molecule has 1 aliphatic rings. The minimum absolute atomic E-state index is 0.0400. The Morgan fingerprint density at radius 2 is 2.00 bits per heavy atom. The minimum atomic E-state index is -0.0400. The van der Waals surface area contributed by atoms with Gasteiger partial charge >= 0.3 is 0 Å². The maximum absolute atomic E-state index is 13.7. The van der Waals surface area contributed by atoms with Crippen molar-refractivity contribution in [3.8, 4) is 0 Å². The van der Waals surface area contributed by atoms with Crippen molar-refractivity contribution in [1.82, 2.24) is 5.32 Å². The first-order valence-electron chi connectivity index (χ1n) is 7.26. The lowest BCUT2D eigenvalue weighted by Crippen LogP contribution is -2.30. The quantitative estimate of drug-likeness (QED) is 0.797. The average molecular weight is 249 g/mol. The van der Waals surface area contributed by atoms with E-state index in [4.69, 9.17) is 0 Å². The fourth-order valence-corrected chi connectivity index (χ4v) is 3.10. The van der Waals surface area contributed by atoms with Crippen LogP contribution >= 0.6 is 0 Å². The molecule has 1 N–H and O–H groups in total. The van der Waals surface area contributed by atoms with Crippen molar-refractivity contribution in [1.29, 1.82) is 0 Å². The number of benzene rings is 1. The van der Waals surface area contributed by atoms with Gasteiger partial charge in [0.1, 0.15) is 5.82 Å². The van der Waals surface area contributed by atoms with Gasteiger partial charge in [-0.15, -0.1) is 0 Å². The molecule has 2 rings (SSSR count). The Hall–Kier alpha value is -0.890. The van der Waals surface area contributed by atoms with Gasteiger partial charge in [0.15, 0.2) is 0 Å². The Labute approximate surface area is 110 Å². The smallest absolute Gasteiger partial charge is 0.126 e. The molecule has 0 aromatic heterocycles. The molecule has 0 spiro atoms. The highest BCUT2D eigenvalue weighted by Gasteiger charge is 2.20. The molecule has 2 unspecified atom stereocenters. The van der Waals surface area contributed by atoms with Crippen molar-refractivity contribution in [3.05, 3.63) is 35.6 Å². The largest absolute Gasteiger partial charge is 0.314 e. The molecule has 0 radical (unpaired) electrons. The maximum atomic E-state index is 13.7. The van der Waals surface area contributed by atoms with E-state index in [0.29, 0.717) is 12.0 Å². The van der Waals surface area contributed by atoms with E-state index >= 15 is 0 Å². The van der Waals surface area contributed by atoms with Crippen LogP contribution in [0.3, 0.4) is 0 Å². The molecule has 2 heteroatoms. The van der Waals surface area contributed by atoms with Crippen LogP contribution in [0.25, 0.3) is 0 Å². The highest BCUT2D eigenvalue weighted by atomic mass is 19.1. The van der Waals surface area contributed by atoms with Crippen molar-refractivity contribution >= 4 is 0 Å². The van der Waals surface area contributed by atoms with Gasteiger partial charge in [-0.3, -0.25) is 0 Å². The Balaban J connectivity index is 1.97. The number of hydrogen-bond acceptors (Lipinski definition) is 1. The number of hydrogen-bond donors (Lipinski definition) is 1. The molecule has 2 atom stereocenters. The monoisotopic (exact) mass is 249 g/mol. The molecule has 0 saturated heterocycles. The number of nitrogens with one attached hydrogen (secondary N) is 1. The predicted molar refractivity (Wildman–Crippen MR) is 74.1 cm³/mol. The average Bonchev–Trinajstić information content (AvgIpc) is 2.58. The van der Waals surface area contributed by atoms with Gasteiger partial charge in [0.2, 0.25) is 0 Å². The third-order valence-corrected chi connectivity index (χ3v) is 3.99. The first kappa shape index (κ1) is 13.5. The Morgan fingerprint density at radius 3 is 2.78 bits per heavy atom. The number of halogens is 1. The molecule has 0 aliphatic heterocycles. The standard InChI is InChI=1S/C16H24FN/c1-2-18-15-9-5-3-7-13(12-15)11-14-8-4-6-10-16(14)17/h4,6,8,10,13,15,18H,2-3,5,7,9,11-12H2,1H3. The summed E-state index contributed by atoms with van der Waals surface area (Å²) < 4.78 is 13.7. The maximum Gasteiger partial charge on any atom is 0.126 e. The summed E-state index contributed by atoms with van der Waals surface area (Å²) in [5.74, 6) is 0.593. The van der Waals surface area contributed by atoms with Crippen molar-refractivity contribution in [2.24, 2.45) is 5.92 Å². The summed E-state index contributed by atoms with van der Waals surface area (Å²) in [5.41, 5.74) is 0.889. The third kappa shape index (κ3) is 3.81. The molecule has 1 fully saturated rings. The van der Waals surface area contributed by atoms with Crippen LogP contribution in [-0.4, -0.2) is 12.6 Å². The van der Waals surface area contributed by atoms with Gasteiger partial charge in [-0.05, 0) is 43.4 Å². The van der Waals surface area contributed by atoms with Gasteiger partial charge in [-0.1, -0.05) is 44.4 Å². The van der Waals surface area contributed by atoms with Crippen LogP contribution in [0.5, 0.6) is 0 Å². The van der Waals surface area contributed by atoms with Crippen LogP contribution in [0.2, 0.25) is 0 Å².